The van der Waals surface area contributed by atoms with Crippen LogP contribution < -0.4 is 5.32 Å². The number of hydrogen-bond acceptors (Lipinski definition) is 4. The smallest absolute Gasteiger partial charge is 0.194 e. The van der Waals surface area contributed by atoms with E-state index in [1.165, 1.54) is 10.4 Å². The second-order valence-corrected chi connectivity index (χ2v) is 6.58. The molecule has 8 heteroatoms. The van der Waals surface area contributed by atoms with Crippen molar-refractivity contribution in [3.8, 4) is 0 Å². The minimum absolute atomic E-state index is 0. The third-order valence-electron chi connectivity index (χ3n) is 3.25. The van der Waals surface area contributed by atoms with Crippen molar-refractivity contribution >= 4 is 41.3 Å². The van der Waals surface area contributed by atoms with Gasteiger partial charge in [-0.1, -0.05) is 0 Å². The third kappa shape index (κ3) is 5.76. The van der Waals surface area contributed by atoms with Gasteiger partial charge in [0.2, 0.25) is 0 Å². The Labute approximate surface area is 159 Å². The zero-order valence-electron chi connectivity index (χ0n) is 14.3. The van der Waals surface area contributed by atoms with Crippen LogP contribution >= 0.6 is 35.3 Å². The molecule has 0 aliphatic heterocycles. The van der Waals surface area contributed by atoms with E-state index in [0.29, 0.717) is 6.54 Å². The minimum atomic E-state index is 0. The lowest BCUT2D eigenvalue weighted by atomic mass is 10.3. The van der Waals surface area contributed by atoms with Crippen LogP contribution in [0.25, 0.3) is 0 Å². The van der Waals surface area contributed by atoms with Gasteiger partial charge in [0.15, 0.2) is 5.96 Å². The Morgan fingerprint density at radius 1 is 1.43 bits per heavy atom. The van der Waals surface area contributed by atoms with Gasteiger partial charge in [-0.25, -0.2) is 9.98 Å². The summed E-state index contributed by atoms with van der Waals surface area (Å²) in [5.41, 5.74) is 2.25. The summed E-state index contributed by atoms with van der Waals surface area (Å²) >= 11 is 1.72. The highest BCUT2D eigenvalue weighted by Crippen LogP contribution is 2.18. The average molecular weight is 448 g/mol. The molecule has 2 heterocycles. The maximum absolute atomic E-state index is 4.74. The number of nitrogens with one attached hydrogen (secondary N) is 1. The fourth-order valence-electron chi connectivity index (χ4n) is 2.24. The molecular formula is C15H25IN6S. The number of aliphatic imine (C=N–C) groups is 1. The predicted molar refractivity (Wildman–Crippen MR) is 106 cm³/mol. The molecule has 0 bridgehead atoms. The van der Waals surface area contributed by atoms with Gasteiger partial charge in [0.05, 0.1) is 23.4 Å². The highest BCUT2D eigenvalue weighted by Gasteiger charge is 2.09. The second kappa shape index (κ2) is 9.21. The van der Waals surface area contributed by atoms with Crippen LogP contribution in [0.2, 0.25) is 0 Å². The summed E-state index contributed by atoms with van der Waals surface area (Å²) < 4.78 is 1.82. The van der Waals surface area contributed by atoms with Crippen molar-refractivity contribution in [2.24, 2.45) is 12.0 Å². The monoisotopic (exact) mass is 448 g/mol. The van der Waals surface area contributed by atoms with Gasteiger partial charge in [-0.05, 0) is 20.8 Å². The molecular weight excluding hydrogens is 423 g/mol. The zero-order valence-corrected chi connectivity index (χ0v) is 17.5. The molecule has 128 valence electrons. The summed E-state index contributed by atoms with van der Waals surface area (Å²) in [4.78, 5) is 12.5. The normalized spacial score (nSPS) is 11.3. The summed E-state index contributed by atoms with van der Waals surface area (Å²) in [6, 6.07) is 0. The number of thiazole rings is 1. The summed E-state index contributed by atoms with van der Waals surface area (Å²) in [6.07, 6.45) is 3.91. The quantitative estimate of drug-likeness (QED) is 0.434. The van der Waals surface area contributed by atoms with Gasteiger partial charge in [-0.15, -0.1) is 35.3 Å². The molecule has 0 saturated heterocycles. The van der Waals surface area contributed by atoms with Crippen molar-refractivity contribution in [3.05, 3.63) is 33.5 Å². The van der Waals surface area contributed by atoms with E-state index in [9.17, 15) is 0 Å². The molecule has 0 aliphatic carbocycles. The lowest BCUT2D eigenvalue weighted by Gasteiger charge is -2.21. The molecule has 23 heavy (non-hydrogen) atoms. The van der Waals surface area contributed by atoms with Crippen LogP contribution in [0.3, 0.4) is 0 Å². The highest BCUT2D eigenvalue weighted by molar-refractivity contribution is 14.0. The lowest BCUT2D eigenvalue weighted by Crippen LogP contribution is -2.38. The first-order chi connectivity index (χ1) is 10.5. The van der Waals surface area contributed by atoms with Crippen LogP contribution in [0.1, 0.15) is 28.1 Å². The number of rotatable bonds is 5. The Kier molecular flexibility index (Phi) is 7.97. The standard InChI is InChI=1S/C15H24N6S.HI/c1-6-16-15(17-8-14-11(2)19-12(3)22-14)20(4)9-13-7-18-21(5)10-13;/h7,10H,6,8-9H2,1-5H3,(H,16,17);1H. The zero-order chi connectivity index (χ0) is 16.1. The van der Waals surface area contributed by atoms with Gasteiger partial charge in [0, 0.05) is 43.8 Å². The molecule has 0 unspecified atom stereocenters. The summed E-state index contributed by atoms with van der Waals surface area (Å²) in [7, 11) is 3.97. The SMILES string of the molecule is CCNC(=NCc1sc(C)nc1C)N(C)Cc1cnn(C)c1.I. The van der Waals surface area contributed by atoms with Gasteiger partial charge in [0.1, 0.15) is 0 Å². The molecule has 2 aromatic rings. The first kappa shape index (κ1) is 19.9. The molecule has 2 aromatic heterocycles. The molecule has 0 amide bonds. The average Bonchev–Trinajstić information content (AvgIpc) is 3.00. The van der Waals surface area contributed by atoms with Crippen molar-refractivity contribution in [2.75, 3.05) is 13.6 Å². The number of hydrogen-bond donors (Lipinski definition) is 1. The summed E-state index contributed by atoms with van der Waals surface area (Å²) in [5.74, 6) is 0.900. The molecule has 0 fully saturated rings. The van der Waals surface area contributed by atoms with Crippen molar-refractivity contribution in [3.63, 3.8) is 0 Å². The molecule has 0 aliphatic rings. The first-order valence-electron chi connectivity index (χ1n) is 7.39. The predicted octanol–water partition coefficient (Wildman–Crippen LogP) is 2.71. The van der Waals surface area contributed by atoms with Crippen LogP contribution in [0.4, 0.5) is 0 Å². The number of guanidine groups is 1. The fraction of sp³-hybridized carbons (Fsp3) is 0.533. The van der Waals surface area contributed by atoms with Gasteiger partial charge < -0.3 is 10.2 Å². The molecule has 2 rings (SSSR count). The topological polar surface area (TPSA) is 58.3 Å². The minimum Gasteiger partial charge on any atom is -0.357 e. The van der Waals surface area contributed by atoms with E-state index in [0.717, 1.165) is 29.8 Å². The highest BCUT2D eigenvalue weighted by atomic mass is 127. The maximum Gasteiger partial charge on any atom is 0.194 e. The Balaban J connectivity index is 0.00000264. The molecule has 0 aromatic carbocycles. The van der Waals surface area contributed by atoms with Crippen LogP contribution in [0.5, 0.6) is 0 Å². The Morgan fingerprint density at radius 3 is 2.70 bits per heavy atom. The van der Waals surface area contributed by atoms with Gasteiger partial charge >= 0.3 is 0 Å². The number of nitrogens with zero attached hydrogens (tertiary/aromatic N) is 5. The van der Waals surface area contributed by atoms with E-state index in [2.05, 4.69) is 27.2 Å². The molecule has 0 atom stereocenters. The lowest BCUT2D eigenvalue weighted by molar-refractivity contribution is 0.476. The van der Waals surface area contributed by atoms with E-state index in [1.54, 1.807) is 11.3 Å². The van der Waals surface area contributed by atoms with Crippen molar-refractivity contribution in [1.82, 2.24) is 25.0 Å². The first-order valence-corrected chi connectivity index (χ1v) is 8.21. The van der Waals surface area contributed by atoms with Crippen LogP contribution in [0.15, 0.2) is 17.4 Å². The maximum atomic E-state index is 4.74. The molecule has 6 nitrogen and oxygen atoms in total. The van der Waals surface area contributed by atoms with Crippen molar-refractivity contribution < 1.29 is 0 Å². The Morgan fingerprint density at radius 2 is 2.17 bits per heavy atom. The van der Waals surface area contributed by atoms with E-state index in [-0.39, 0.29) is 24.0 Å². The van der Waals surface area contributed by atoms with Gasteiger partial charge in [-0.2, -0.15) is 5.10 Å². The number of halogens is 1. The molecule has 0 saturated carbocycles. The third-order valence-corrected chi connectivity index (χ3v) is 4.30. The van der Waals surface area contributed by atoms with Gasteiger partial charge in [0.25, 0.3) is 0 Å². The van der Waals surface area contributed by atoms with E-state index < -0.39 is 0 Å². The second-order valence-electron chi connectivity index (χ2n) is 5.29. The Bertz CT molecular complexity index is 648. The van der Waals surface area contributed by atoms with Crippen LogP contribution in [-0.4, -0.2) is 39.2 Å². The van der Waals surface area contributed by atoms with E-state index in [1.807, 2.05) is 45.0 Å². The van der Waals surface area contributed by atoms with E-state index in [4.69, 9.17) is 4.99 Å². The fourth-order valence-corrected chi connectivity index (χ4v) is 3.10. The van der Waals surface area contributed by atoms with Crippen LogP contribution in [-0.2, 0) is 20.1 Å². The summed E-state index contributed by atoms with van der Waals surface area (Å²) in [6.45, 7) is 8.44. The number of aryl methyl sites for hydroxylation is 3. The van der Waals surface area contributed by atoms with Crippen molar-refractivity contribution in [1.29, 1.82) is 0 Å². The van der Waals surface area contributed by atoms with Crippen molar-refractivity contribution in [2.45, 2.75) is 33.9 Å². The Hall–Kier alpha value is -1.16. The molecule has 0 radical (unpaired) electrons. The largest absolute Gasteiger partial charge is 0.357 e. The van der Waals surface area contributed by atoms with Gasteiger partial charge in [-0.3, -0.25) is 4.68 Å². The number of aromatic nitrogens is 3. The van der Waals surface area contributed by atoms with E-state index >= 15 is 0 Å². The van der Waals surface area contributed by atoms with Crippen LogP contribution in [0, 0.1) is 13.8 Å². The molecule has 1 N–H and O–H groups in total. The summed E-state index contributed by atoms with van der Waals surface area (Å²) in [5, 5.41) is 8.64. The molecule has 0 spiro atoms.